The topological polar surface area (TPSA) is 58.7 Å². The van der Waals surface area contributed by atoms with Crippen LogP contribution in [0.25, 0.3) is 0 Å². The largest absolute Gasteiger partial charge is 0.390 e. The summed E-state index contributed by atoms with van der Waals surface area (Å²) in [4.78, 5) is 2.20. The number of ether oxygens (including phenoxy) is 1. The first kappa shape index (κ1) is 10.9. The number of morpholine rings is 1. The molecule has 0 spiro atoms. The number of hydrogen-bond acceptors (Lipinski definition) is 4. The molecule has 1 fully saturated rings. The van der Waals surface area contributed by atoms with Gasteiger partial charge < -0.3 is 15.6 Å². The molecule has 4 heteroatoms. The molecule has 3 N–H and O–H groups in total. The van der Waals surface area contributed by atoms with Crippen molar-refractivity contribution in [2.75, 3.05) is 26.2 Å². The fourth-order valence-corrected chi connectivity index (χ4v) is 1.81. The smallest absolute Gasteiger partial charge is 0.0789 e. The van der Waals surface area contributed by atoms with Crippen molar-refractivity contribution in [3.05, 3.63) is 0 Å². The Morgan fingerprint density at radius 3 is 2.46 bits per heavy atom. The zero-order valence-electron chi connectivity index (χ0n) is 8.44. The maximum Gasteiger partial charge on any atom is 0.0789 e. The highest BCUT2D eigenvalue weighted by Crippen LogP contribution is 2.10. The lowest BCUT2D eigenvalue weighted by Crippen LogP contribution is -2.49. The number of nitrogens with zero attached hydrogens (tertiary/aromatic N) is 1. The van der Waals surface area contributed by atoms with Gasteiger partial charge >= 0.3 is 0 Å². The third kappa shape index (κ3) is 3.60. The van der Waals surface area contributed by atoms with Crippen LogP contribution in [0.2, 0.25) is 0 Å². The van der Waals surface area contributed by atoms with E-state index in [1.165, 1.54) is 0 Å². The van der Waals surface area contributed by atoms with Crippen LogP contribution in [0.1, 0.15) is 13.8 Å². The highest BCUT2D eigenvalue weighted by atomic mass is 16.5. The molecule has 0 saturated carbocycles. The maximum absolute atomic E-state index is 9.38. The summed E-state index contributed by atoms with van der Waals surface area (Å²) in [5.41, 5.74) is 5.35. The molecule has 13 heavy (non-hydrogen) atoms. The highest BCUT2D eigenvalue weighted by Gasteiger charge is 2.23. The lowest BCUT2D eigenvalue weighted by Gasteiger charge is -2.36. The van der Waals surface area contributed by atoms with Gasteiger partial charge in [0.2, 0.25) is 0 Å². The molecule has 1 aliphatic rings. The van der Waals surface area contributed by atoms with E-state index in [0.29, 0.717) is 13.1 Å². The SMILES string of the molecule is C[C@@H]1CN(C[C@H](O)CN)C[C@H](C)O1. The second kappa shape index (κ2) is 4.91. The summed E-state index contributed by atoms with van der Waals surface area (Å²) in [7, 11) is 0. The molecule has 0 aromatic rings. The number of aliphatic hydroxyl groups is 1. The average molecular weight is 188 g/mol. The molecule has 0 aromatic carbocycles. The zero-order chi connectivity index (χ0) is 9.84. The molecule has 3 atom stereocenters. The van der Waals surface area contributed by atoms with E-state index in [2.05, 4.69) is 18.7 Å². The molecule has 78 valence electrons. The van der Waals surface area contributed by atoms with Crippen molar-refractivity contribution in [3.8, 4) is 0 Å². The van der Waals surface area contributed by atoms with E-state index in [1.807, 2.05) is 0 Å². The molecule has 0 amide bonds. The van der Waals surface area contributed by atoms with E-state index < -0.39 is 6.10 Å². The van der Waals surface area contributed by atoms with E-state index in [1.54, 1.807) is 0 Å². The van der Waals surface area contributed by atoms with Crippen molar-refractivity contribution in [1.29, 1.82) is 0 Å². The average Bonchev–Trinajstić information content (AvgIpc) is 2.02. The fourth-order valence-electron chi connectivity index (χ4n) is 1.81. The van der Waals surface area contributed by atoms with Gasteiger partial charge in [-0.3, -0.25) is 4.90 Å². The van der Waals surface area contributed by atoms with Crippen molar-refractivity contribution < 1.29 is 9.84 Å². The van der Waals surface area contributed by atoms with E-state index in [-0.39, 0.29) is 12.2 Å². The van der Waals surface area contributed by atoms with E-state index >= 15 is 0 Å². The standard InChI is InChI=1S/C9H20N2O2/c1-7-4-11(5-8(2)13-7)6-9(12)3-10/h7-9,12H,3-6,10H2,1-2H3/t7-,8+,9-/m1/s1. The molecule has 1 rings (SSSR count). The van der Waals surface area contributed by atoms with Crippen molar-refractivity contribution in [2.24, 2.45) is 5.73 Å². The quantitative estimate of drug-likeness (QED) is 0.622. The van der Waals surface area contributed by atoms with Crippen LogP contribution in [0.4, 0.5) is 0 Å². The maximum atomic E-state index is 9.38. The molecule has 0 aliphatic carbocycles. The molecule has 4 nitrogen and oxygen atoms in total. The van der Waals surface area contributed by atoms with Crippen LogP contribution in [0.15, 0.2) is 0 Å². The predicted molar refractivity (Wildman–Crippen MR) is 51.5 cm³/mol. The van der Waals surface area contributed by atoms with Crippen molar-refractivity contribution in [2.45, 2.75) is 32.2 Å². The fraction of sp³-hybridized carbons (Fsp3) is 1.00. The van der Waals surface area contributed by atoms with Crippen molar-refractivity contribution in [1.82, 2.24) is 4.90 Å². The molecule has 1 saturated heterocycles. The number of hydrogen-bond donors (Lipinski definition) is 2. The summed E-state index contributed by atoms with van der Waals surface area (Å²) < 4.78 is 5.58. The normalized spacial score (nSPS) is 33.2. The molecular formula is C9H20N2O2. The lowest BCUT2D eigenvalue weighted by molar-refractivity contribution is -0.0758. The Bertz CT molecular complexity index is 145. The first-order valence-electron chi connectivity index (χ1n) is 4.87. The molecule has 0 unspecified atom stereocenters. The second-order valence-corrected chi connectivity index (χ2v) is 3.87. The minimum atomic E-state index is -0.405. The summed E-state index contributed by atoms with van der Waals surface area (Å²) in [5, 5.41) is 9.38. The number of aliphatic hydroxyl groups excluding tert-OH is 1. The third-order valence-electron chi connectivity index (χ3n) is 2.24. The van der Waals surface area contributed by atoms with Gasteiger partial charge in [0.15, 0.2) is 0 Å². The van der Waals surface area contributed by atoms with Crippen LogP contribution in [0, 0.1) is 0 Å². The zero-order valence-corrected chi connectivity index (χ0v) is 8.44. The molecule has 0 bridgehead atoms. The van der Waals surface area contributed by atoms with Crippen molar-refractivity contribution >= 4 is 0 Å². The van der Waals surface area contributed by atoms with Gasteiger partial charge in [-0.1, -0.05) is 0 Å². The number of nitrogens with two attached hydrogens (primary N) is 1. The van der Waals surface area contributed by atoms with Crippen LogP contribution < -0.4 is 5.73 Å². The van der Waals surface area contributed by atoms with Crippen LogP contribution in [0.5, 0.6) is 0 Å². The van der Waals surface area contributed by atoms with Gasteiger partial charge in [0.1, 0.15) is 0 Å². The van der Waals surface area contributed by atoms with Crippen LogP contribution >= 0.6 is 0 Å². The second-order valence-electron chi connectivity index (χ2n) is 3.87. The van der Waals surface area contributed by atoms with Gasteiger partial charge in [0.25, 0.3) is 0 Å². The van der Waals surface area contributed by atoms with Gasteiger partial charge in [-0.05, 0) is 13.8 Å². The number of rotatable bonds is 3. The minimum absolute atomic E-state index is 0.258. The molecule has 1 aliphatic heterocycles. The first-order valence-corrected chi connectivity index (χ1v) is 4.87. The summed E-state index contributed by atoms with van der Waals surface area (Å²) in [6.07, 6.45) is 0.111. The summed E-state index contributed by atoms with van der Waals surface area (Å²) in [6.45, 7) is 6.88. The monoisotopic (exact) mass is 188 g/mol. The lowest BCUT2D eigenvalue weighted by atomic mass is 10.2. The van der Waals surface area contributed by atoms with Gasteiger partial charge in [-0.15, -0.1) is 0 Å². The van der Waals surface area contributed by atoms with Crippen LogP contribution in [-0.2, 0) is 4.74 Å². The Morgan fingerprint density at radius 2 is 2.00 bits per heavy atom. The molecule has 1 heterocycles. The van der Waals surface area contributed by atoms with E-state index in [0.717, 1.165) is 13.1 Å². The third-order valence-corrected chi connectivity index (χ3v) is 2.24. The summed E-state index contributed by atoms with van der Waals surface area (Å²) in [5.74, 6) is 0. The summed E-state index contributed by atoms with van der Waals surface area (Å²) in [6, 6.07) is 0. The predicted octanol–water partition coefficient (Wildman–Crippen LogP) is -0.585. The minimum Gasteiger partial charge on any atom is -0.390 e. The number of β-amino-alcohol motifs (C(OH)–C–C–N with tert-alkyl or cyclic N) is 1. The van der Waals surface area contributed by atoms with Gasteiger partial charge in [0, 0.05) is 26.2 Å². The Hall–Kier alpha value is -0.160. The molecule has 0 aromatic heterocycles. The molecule has 0 radical (unpaired) electrons. The Labute approximate surface area is 79.7 Å². The highest BCUT2D eigenvalue weighted by molar-refractivity contribution is 4.75. The molecular weight excluding hydrogens is 168 g/mol. The van der Waals surface area contributed by atoms with E-state index in [4.69, 9.17) is 10.5 Å². The van der Waals surface area contributed by atoms with Crippen LogP contribution in [0.3, 0.4) is 0 Å². The van der Waals surface area contributed by atoms with Crippen molar-refractivity contribution in [3.63, 3.8) is 0 Å². The van der Waals surface area contributed by atoms with Gasteiger partial charge in [0.05, 0.1) is 18.3 Å². The van der Waals surface area contributed by atoms with E-state index in [9.17, 15) is 5.11 Å². The van der Waals surface area contributed by atoms with Gasteiger partial charge in [-0.25, -0.2) is 0 Å². The Balaban J connectivity index is 2.32. The first-order chi connectivity index (χ1) is 6.11. The Morgan fingerprint density at radius 1 is 1.46 bits per heavy atom. The van der Waals surface area contributed by atoms with Crippen LogP contribution in [-0.4, -0.2) is 54.5 Å². The van der Waals surface area contributed by atoms with Gasteiger partial charge in [-0.2, -0.15) is 0 Å². The Kier molecular flexibility index (Phi) is 4.12. The summed E-state index contributed by atoms with van der Waals surface area (Å²) >= 11 is 0.